The van der Waals surface area contributed by atoms with E-state index in [1.54, 1.807) is 12.3 Å². The lowest BCUT2D eigenvalue weighted by Crippen LogP contribution is -2.25. The van der Waals surface area contributed by atoms with Crippen LogP contribution in [-0.2, 0) is 6.42 Å². The Balaban J connectivity index is 1.87. The third-order valence-corrected chi connectivity index (χ3v) is 2.81. The Morgan fingerprint density at radius 2 is 2.11 bits per heavy atom. The highest BCUT2D eigenvalue weighted by molar-refractivity contribution is 5.95. The summed E-state index contributed by atoms with van der Waals surface area (Å²) in [6, 6.07) is 13.2. The summed E-state index contributed by atoms with van der Waals surface area (Å²) in [6.07, 6.45) is 2.49. The van der Waals surface area contributed by atoms with Crippen LogP contribution in [0.4, 0.5) is 5.69 Å². The summed E-state index contributed by atoms with van der Waals surface area (Å²) < 4.78 is 0. The largest absolute Gasteiger partial charge is 0.388 e. The Bertz CT molecular complexity index is 540. The first-order valence-corrected chi connectivity index (χ1v) is 6.25. The fraction of sp³-hybridized carbons (Fsp3) is 0.200. The summed E-state index contributed by atoms with van der Waals surface area (Å²) in [5, 5.41) is 5.91. The minimum atomic E-state index is -0.0620. The predicted octanol–water partition coefficient (Wildman–Crippen LogP) is 2.10. The molecule has 0 spiro atoms. The molecule has 98 valence electrons. The van der Waals surface area contributed by atoms with E-state index in [0.717, 1.165) is 17.8 Å². The number of rotatable bonds is 5. The van der Waals surface area contributed by atoms with Crippen LogP contribution in [-0.4, -0.2) is 24.5 Å². The summed E-state index contributed by atoms with van der Waals surface area (Å²) >= 11 is 0. The zero-order valence-electron chi connectivity index (χ0n) is 10.9. The highest BCUT2D eigenvalue weighted by atomic mass is 16.1. The second-order valence-corrected chi connectivity index (χ2v) is 4.16. The zero-order chi connectivity index (χ0) is 13.5. The van der Waals surface area contributed by atoms with Crippen molar-refractivity contribution in [2.45, 2.75) is 6.42 Å². The van der Waals surface area contributed by atoms with Crippen LogP contribution in [0.5, 0.6) is 0 Å². The van der Waals surface area contributed by atoms with Crippen molar-refractivity contribution in [2.75, 3.05) is 18.9 Å². The SMILES string of the molecule is CNc1cccc(C(=O)NCCc2ccccn2)c1. The van der Waals surface area contributed by atoms with Crippen LogP contribution < -0.4 is 10.6 Å². The zero-order valence-corrected chi connectivity index (χ0v) is 10.9. The molecular weight excluding hydrogens is 238 g/mol. The van der Waals surface area contributed by atoms with Crippen molar-refractivity contribution in [3.8, 4) is 0 Å². The molecule has 0 aliphatic rings. The molecule has 0 saturated heterocycles. The van der Waals surface area contributed by atoms with Crippen molar-refractivity contribution in [2.24, 2.45) is 0 Å². The van der Waals surface area contributed by atoms with Gasteiger partial charge in [0.25, 0.3) is 5.91 Å². The van der Waals surface area contributed by atoms with Crippen molar-refractivity contribution in [1.29, 1.82) is 0 Å². The molecular formula is C15H17N3O. The Morgan fingerprint density at radius 3 is 2.84 bits per heavy atom. The maximum atomic E-state index is 11.9. The third kappa shape index (κ3) is 3.81. The van der Waals surface area contributed by atoms with E-state index in [1.807, 2.05) is 43.4 Å². The van der Waals surface area contributed by atoms with Gasteiger partial charge in [0.1, 0.15) is 0 Å². The van der Waals surface area contributed by atoms with Gasteiger partial charge in [-0.15, -0.1) is 0 Å². The molecule has 2 rings (SSSR count). The van der Waals surface area contributed by atoms with Crippen molar-refractivity contribution in [1.82, 2.24) is 10.3 Å². The lowest BCUT2D eigenvalue weighted by molar-refractivity contribution is 0.0954. The molecule has 2 aromatic rings. The van der Waals surface area contributed by atoms with Gasteiger partial charge in [0.2, 0.25) is 0 Å². The van der Waals surface area contributed by atoms with E-state index in [0.29, 0.717) is 12.1 Å². The normalized spacial score (nSPS) is 9.95. The standard InChI is InChI=1S/C15H17N3O/c1-16-14-7-4-5-12(11-14)15(19)18-10-8-13-6-2-3-9-17-13/h2-7,9,11,16H,8,10H2,1H3,(H,18,19). The molecule has 4 heteroatoms. The summed E-state index contributed by atoms with van der Waals surface area (Å²) in [5.74, 6) is -0.0620. The fourth-order valence-corrected chi connectivity index (χ4v) is 1.77. The fourth-order valence-electron chi connectivity index (χ4n) is 1.77. The predicted molar refractivity (Wildman–Crippen MR) is 76.3 cm³/mol. The van der Waals surface area contributed by atoms with E-state index in [4.69, 9.17) is 0 Å². The molecule has 0 aliphatic carbocycles. The number of nitrogens with zero attached hydrogens (tertiary/aromatic N) is 1. The molecule has 0 unspecified atom stereocenters. The number of benzene rings is 1. The first kappa shape index (κ1) is 13.1. The summed E-state index contributed by atoms with van der Waals surface area (Å²) in [4.78, 5) is 16.2. The van der Waals surface area contributed by atoms with E-state index in [2.05, 4.69) is 15.6 Å². The number of carbonyl (C=O) groups excluding carboxylic acids is 1. The minimum Gasteiger partial charge on any atom is -0.388 e. The second-order valence-electron chi connectivity index (χ2n) is 4.16. The minimum absolute atomic E-state index is 0.0620. The van der Waals surface area contributed by atoms with Crippen LogP contribution in [0, 0.1) is 0 Å². The van der Waals surface area contributed by atoms with Gasteiger partial charge in [0.05, 0.1) is 0 Å². The number of pyridine rings is 1. The van der Waals surface area contributed by atoms with Crippen molar-refractivity contribution in [3.05, 3.63) is 59.9 Å². The molecule has 0 aliphatic heterocycles. The van der Waals surface area contributed by atoms with E-state index in [9.17, 15) is 4.79 Å². The molecule has 0 saturated carbocycles. The van der Waals surface area contributed by atoms with Crippen molar-refractivity contribution < 1.29 is 4.79 Å². The number of hydrogen-bond donors (Lipinski definition) is 2. The number of hydrogen-bond acceptors (Lipinski definition) is 3. The quantitative estimate of drug-likeness (QED) is 0.860. The summed E-state index contributed by atoms with van der Waals surface area (Å²) in [7, 11) is 1.83. The van der Waals surface area contributed by atoms with Crippen LogP contribution in [0.1, 0.15) is 16.1 Å². The molecule has 2 N–H and O–H groups in total. The monoisotopic (exact) mass is 255 g/mol. The first-order chi connectivity index (χ1) is 9.29. The van der Waals surface area contributed by atoms with Crippen LogP contribution >= 0.6 is 0 Å². The molecule has 0 fully saturated rings. The Kier molecular flexibility index (Phi) is 4.50. The Morgan fingerprint density at radius 1 is 1.21 bits per heavy atom. The maximum Gasteiger partial charge on any atom is 0.251 e. The Labute approximate surface area is 112 Å². The molecule has 1 aromatic heterocycles. The molecule has 0 bridgehead atoms. The lowest BCUT2D eigenvalue weighted by Gasteiger charge is -2.06. The molecule has 1 aromatic carbocycles. The molecule has 1 amide bonds. The van der Waals surface area contributed by atoms with E-state index in [1.165, 1.54) is 0 Å². The molecule has 19 heavy (non-hydrogen) atoms. The Hall–Kier alpha value is -2.36. The highest BCUT2D eigenvalue weighted by Crippen LogP contribution is 2.09. The van der Waals surface area contributed by atoms with Gasteiger partial charge < -0.3 is 10.6 Å². The molecule has 0 atom stereocenters. The van der Waals surface area contributed by atoms with Crippen molar-refractivity contribution in [3.63, 3.8) is 0 Å². The second kappa shape index (κ2) is 6.54. The van der Waals surface area contributed by atoms with Gasteiger partial charge in [-0.25, -0.2) is 0 Å². The van der Waals surface area contributed by atoms with Gasteiger partial charge in [-0.05, 0) is 30.3 Å². The van der Waals surface area contributed by atoms with Crippen LogP contribution in [0.3, 0.4) is 0 Å². The van der Waals surface area contributed by atoms with Gasteiger partial charge in [-0.2, -0.15) is 0 Å². The number of amides is 1. The van der Waals surface area contributed by atoms with Gasteiger partial charge in [0, 0.05) is 43.2 Å². The number of nitrogens with one attached hydrogen (secondary N) is 2. The average molecular weight is 255 g/mol. The summed E-state index contributed by atoms with van der Waals surface area (Å²) in [5.41, 5.74) is 2.57. The van der Waals surface area contributed by atoms with Crippen LogP contribution in [0.25, 0.3) is 0 Å². The maximum absolute atomic E-state index is 11.9. The van der Waals surface area contributed by atoms with Gasteiger partial charge in [0.15, 0.2) is 0 Å². The number of aromatic nitrogens is 1. The highest BCUT2D eigenvalue weighted by Gasteiger charge is 2.05. The third-order valence-electron chi connectivity index (χ3n) is 2.81. The molecule has 0 radical (unpaired) electrons. The van der Waals surface area contributed by atoms with E-state index >= 15 is 0 Å². The number of anilines is 1. The van der Waals surface area contributed by atoms with Gasteiger partial charge in [-0.3, -0.25) is 9.78 Å². The smallest absolute Gasteiger partial charge is 0.251 e. The van der Waals surface area contributed by atoms with Crippen LogP contribution in [0.15, 0.2) is 48.7 Å². The van der Waals surface area contributed by atoms with Gasteiger partial charge >= 0.3 is 0 Å². The summed E-state index contributed by atoms with van der Waals surface area (Å²) in [6.45, 7) is 0.583. The topological polar surface area (TPSA) is 54.0 Å². The first-order valence-electron chi connectivity index (χ1n) is 6.25. The van der Waals surface area contributed by atoms with Crippen LogP contribution in [0.2, 0.25) is 0 Å². The van der Waals surface area contributed by atoms with E-state index in [-0.39, 0.29) is 5.91 Å². The molecule has 1 heterocycles. The van der Waals surface area contributed by atoms with Gasteiger partial charge in [-0.1, -0.05) is 12.1 Å². The number of carbonyl (C=O) groups is 1. The van der Waals surface area contributed by atoms with E-state index < -0.39 is 0 Å². The molecule has 4 nitrogen and oxygen atoms in total. The van der Waals surface area contributed by atoms with Crippen molar-refractivity contribution >= 4 is 11.6 Å². The average Bonchev–Trinajstić information content (AvgIpc) is 2.48. The lowest BCUT2D eigenvalue weighted by atomic mass is 10.2.